The second-order valence-electron chi connectivity index (χ2n) is 4.64. The molecule has 0 unspecified atom stereocenters. The quantitative estimate of drug-likeness (QED) is 0.877. The largest absolute Gasteiger partial charge is 0.481 e. The summed E-state index contributed by atoms with van der Waals surface area (Å²) in [5.74, 6) is -0.786. The second kappa shape index (κ2) is 6.19. The molecular formula is C17H18O2. The summed E-state index contributed by atoms with van der Waals surface area (Å²) in [7, 11) is 0. The van der Waals surface area contributed by atoms with Gasteiger partial charge in [0.05, 0.1) is 6.42 Å². The summed E-state index contributed by atoms with van der Waals surface area (Å²) < 4.78 is 0. The molecular weight excluding hydrogens is 236 g/mol. The Morgan fingerprint density at radius 3 is 2.32 bits per heavy atom. The number of hydrogen-bond acceptors (Lipinski definition) is 1. The zero-order valence-corrected chi connectivity index (χ0v) is 11.1. The van der Waals surface area contributed by atoms with Crippen LogP contribution in [0.2, 0.25) is 0 Å². The first-order valence-electron chi connectivity index (χ1n) is 6.60. The number of rotatable bonds is 5. The third-order valence-electron chi connectivity index (χ3n) is 3.16. The maximum atomic E-state index is 11.0. The van der Waals surface area contributed by atoms with Crippen LogP contribution in [0, 0.1) is 0 Å². The number of hydrogen-bond donors (Lipinski definition) is 1. The fourth-order valence-electron chi connectivity index (χ4n) is 2.42. The van der Waals surface area contributed by atoms with Crippen molar-refractivity contribution < 1.29 is 9.90 Å². The van der Waals surface area contributed by atoms with Crippen molar-refractivity contribution in [2.45, 2.75) is 26.2 Å². The van der Waals surface area contributed by atoms with E-state index < -0.39 is 5.97 Å². The predicted molar refractivity (Wildman–Crippen MR) is 77.2 cm³/mol. The molecule has 2 heteroatoms. The first kappa shape index (κ1) is 13.3. The van der Waals surface area contributed by atoms with Gasteiger partial charge in [0.2, 0.25) is 0 Å². The molecule has 0 radical (unpaired) electrons. The number of aryl methyl sites for hydroxylation is 1. The van der Waals surface area contributed by atoms with Crippen LogP contribution in [0.5, 0.6) is 0 Å². The van der Waals surface area contributed by atoms with E-state index in [1.165, 1.54) is 5.56 Å². The molecule has 0 fully saturated rings. The monoisotopic (exact) mass is 254 g/mol. The first-order valence-corrected chi connectivity index (χ1v) is 6.60. The molecule has 2 aromatic carbocycles. The molecule has 0 aliphatic carbocycles. The maximum Gasteiger partial charge on any atom is 0.307 e. The zero-order chi connectivity index (χ0) is 13.7. The molecule has 0 spiro atoms. The molecule has 2 aromatic rings. The van der Waals surface area contributed by atoms with E-state index in [9.17, 15) is 4.79 Å². The molecule has 2 rings (SSSR count). The topological polar surface area (TPSA) is 37.3 Å². The predicted octanol–water partition coefficient (Wildman–Crippen LogP) is 3.93. The maximum absolute atomic E-state index is 11.0. The van der Waals surface area contributed by atoms with Crippen LogP contribution in [-0.2, 0) is 17.6 Å². The molecule has 0 atom stereocenters. The van der Waals surface area contributed by atoms with E-state index >= 15 is 0 Å². The minimum Gasteiger partial charge on any atom is -0.481 e. The number of benzene rings is 2. The van der Waals surface area contributed by atoms with Crippen LogP contribution < -0.4 is 0 Å². The number of aliphatic carboxylic acids is 1. The van der Waals surface area contributed by atoms with Crippen molar-refractivity contribution in [1.82, 2.24) is 0 Å². The Hall–Kier alpha value is -2.09. The molecule has 0 saturated carbocycles. The Kier molecular flexibility index (Phi) is 4.35. The highest BCUT2D eigenvalue weighted by atomic mass is 16.4. The van der Waals surface area contributed by atoms with Crippen LogP contribution in [0.4, 0.5) is 0 Å². The average molecular weight is 254 g/mol. The second-order valence-corrected chi connectivity index (χ2v) is 4.64. The van der Waals surface area contributed by atoms with Gasteiger partial charge in [0.15, 0.2) is 0 Å². The Bertz CT molecular complexity index is 559. The van der Waals surface area contributed by atoms with E-state index in [2.05, 4.69) is 13.0 Å². The lowest BCUT2D eigenvalue weighted by Crippen LogP contribution is -2.04. The first-order chi connectivity index (χ1) is 9.22. The standard InChI is InChI=1S/C17H18O2/c1-2-7-13-10-6-11-15(12-16(18)19)17(13)14-8-4-3-5-9-14/h3-6,8-11H,2,7,12H2,1H3,(H,18,19). The third-order valence-corrected chi connectivity index (χ3v) is 3.16. The van der Waals surface area contributed by atoms with Gasteiger partial charge in [-0.05, 0) is 28.7 Å². The highest BCUT2D eigenvalue weighted by molar-refractivity contribution is 5.78. The number of carboxylic acid groups (broad SMARTS) is 1. The molecule has 0 aliphatic heterocycles. The lowest BCUT2D eigenvalue weighted by molar-refractivity contribution is -0.136. The fourth-order valence-corrected chi connectivity index (χ4v) is 2.42. The van der Waals surface area contributed by atoms with Crippen LogP contribution in [0.15, 0.2) is 48.5 Å². The van der Waals surface area contributed by atoms with Crippen LogP contribution in [0.1, 0.15) is 24.5 Å². The van der Waals surface area contributed by atoms with Crippen LogP contribution in [-0.4, -0.2) is 11.1 Å². The third kappa shape index (κ3) is 3.22. The minimum atomic E-state index is -0.786. The van der Waals surface area contributed by atoms with Crippen molar-refractivity contribution >= 4 is 5.97 Å². The SMILES string of the molecule is CCCc1cccc(CC(=O)O)c1-c1ccccc1. The van der Waals surface area contributed by atoms with Gasteiger partial charge in [-0.1, -0.05) is 61.9 Å². The summed E-state index contributed by atoms with van der Waals surface area (Å²) in [6.07, 6.45) is 2.09. The van der Waals surface area contributed by atoms with E-state index in [0.717, 1.165) is 29.5 Å². The minimum absolute atomic E-state index is 0.0712. The molecule has 98 valence electrons. The molecule has 0 amide bonds. The smallest absolute Gasteiger partial charge is 0.307 e. The zero-order valence-electron chi connectivity index (χ0n) is 11.1. The van der Waals surface area contributed by atoms with E-state index in [4.69, 9.17) is 5.11 Å². The molecule has 2 nitrogen and oxygen atoms in total. The van der Waals surface area contributed by atoms with Crippen LogP contribution in [0.25, 0.3) is 11.1 Å². The van der Waals surface area contributed by atoms with Crippen LogP contribution >= 0.6 is 0 Å². The normalized spacial score (nSPS) is 10.4. The van der Waals surface area contributed by atoms with Crippen molar-refractivity contribution in [2.75, 3.05) is 0 Å². The van der Waals surface area contributed by atoms with Crippen molar-refractivity contribution in [2.24, 2.45) is 0 Å². The van der Waals surface area contributed by atoms with Gasteiger partial charge in [-0.15, -0.1) is 0 Å². The van der Waals surface area contributed by atoms with Gasteiger partial charge in [0, 0.05) is 0 Å². The van der Waals surface area contributed by atoms with Crippen molar-refractivity contribution in [3.05, 3.63) is 59.7 Å². The Morgan fingerprint density at radius 2 is 1.68 bits per heavy atom. The fraction of sp³-hybridized carbons (Fsp3) is 0.235. The molecule has 0 saturated heterocycles. The van der Waals surface area contributed by atoms with Crippen molar-refractivity contribution in [3.8, 4) is 11.1 Å². The van der Waals surface area contributed by atoms with Gasteiger partial charge < -0.3 is 5.11 Å². The van der Waals surface area contributed by atoms with E-state index in [-0.39, 0.29) is 6.42 Å². The molecule has 1 N–H and O–H groups in total. The average Bonchev–Trinajstić information content (AvgIpc) is 2.40. The Balaban J connectivity index is 2.55. The summed E-state index contributed by atoms with van der Waals surface area (Å²) in [4.78, 5) is 11.0. The van der Waals surface area contributed by atoms with Gasteiger partial charge in [-0.2, -0.15) is 0 Å². The highest BCUT2D eigenvalue weighted by Gasteiger charge is 2.12. The lowest BCUT2D eigenvalue weighted by Gasteiger charge is -2.14. The molecule has 0 bridgehead atoms. The number of carboxylic acids is 1. The van der Waals surface area contributed by atoms with Gasteiger partial charge >= 0.3 is 5.97 Å². The van der Waals surface area contributed by atoms with Crippen LogP contribution in [0.3, 0.4) is 0 Å². The highest BCUT2D eigenvalue weighted by Crippen LogP contribution is 2.29. The summed E-state index contributed by atoms with van der Waals surface area (Å²) in [5, 5.41) is 9.06. The summed E-state index contributed by atoms with van der Waals surface area (Å²) in [6.45, 7) is 2.14. The van der Waals surface area contributed by atoms with Gasteiger partial charge in [-0.3, -0.25) is 4.79 Å². The van der Waals surface area contributed by atoms with E-state index in [0.29, 0.717) is 0 Å². The molecule has 19 heavy (non-hydrogen) atoms. The number of carbonyl (C=O) groups is 1. The lowest BCUT2D eigenvalue weighted by atomic mass is 9.91. The van der Waals surface area contributed by atoms with Gasteiger partial charge in [-0.25, -0.2) is 0 Å². The molecule has 0 heterocycles. The van der Waals surface area contributed by atoms with Crippen molar-refractivity contribution in [1.29, 1.82) is 0 Å². The van der Waals surface area contributed by atoms with E-state index in [1.54, 1.807) is 0 Å². The van der Waals surface area contributed by atoms with Gasteiger partial charge in [0.25, 0.3) is 0 Å². The molecule has 0 aliphatic rings. The molecule has 0 aromatic heterocycles. The summed E-state index contributed by atoms with van der Waals surface area (Å²) >= 11 is 0. The van der Waals surface area contributed by atoms with E-state index in [1.807, 2.05) is 42.5 Å². The van der Waals surface area contributed by atoms with Crippen molar-refractivity contribution in [3.63, 3.8) is 0 Å². The van der Waals surface area contributed by atoms with Gasteiger partial charge in [0.1, 0.15) is 0 Å². The Labute approximate surface area is 113 Å². The Morgan fingerprint density at radius 1 is 1.00 bits per heavy atom. The summed E-state index contributed by atoms with van der Waals surface area (Å²) in [6, 6.07) is 16.0. The summed E-state index contributed by atoms with van der Waals surface area (Å²) in [5.41, 5.74) is 4.31.